The third kappa shape index (κ3) is 6.38. The Labute approximate surface area is 88.2 Å². The molecule has 0 aliphatic heterocycles. The van der Waals surface area contributed by atoms with Crippen LogP contribution in [0.25, 0.3) is 0 Å². The average Bonchev–Trinajstić information content (AvgIpc) is 2.13. The zero-order valence-corrected chi connectivity index (χ0v) is 10.5. The van der Waals surface area contributed by atoms with Crippen LogP contribution in [0.2, 0.25) is 0 Å². The van der Waals surface area contributed by atoms with Gasteiger partial charge in [0.15, 0.2) is 9.84 Å². The second-order valence-corrected chi connectivity index (χ2v) is 6.42. The summed E-state index contributed by atoms with van der Waals surface area (Å²) in [6, 6.07) is 0.0638. The van der Waals surface area contributed by atoms with Crippen LogP contribution in [-0.2, 0) is 9.84 Å². The molecule has 0 aliphatic rings. The third-order valence-electron chi connectivity index (χ3n) is 2.46. The second kappa shape index (κ2) is 6.40. The molecule has 0 bridgehead atoms. The fourth-order valence-electron chi connectivity index (χ4n) is 1.10. The zero-order valence-electron chi connectivity index (χ0n) is 9.71. The first-order chi connectivity index (χ1) is 6.41. The maximum Gasteiger partial charge on any atom is 0.151 e. The van der Waals surface area contributed by atoms with E-state index >= 15 is 0 Å². The largest absolute Gasteiger partial charge is 0.313 e. The summed E-state index contributed by atoms with van der Waals surface area (Å²) in [6.45, 7) is 8.82. The third-order valence-corrected chi connectivity index (χ3v) is 4.34. The molecular formula is C10H23NO2S. The number of nitrogens with one attached hydrogen (secondary N) is 1. The Morgan fingerprint density at radius 3 is 2.21 bits per heavy atom. The Morgan fingerprint density at radius 1 is 1.21 bits per heavy atom. The first-order valence-electron chi connectivity index (χ1n) is 5.35. The normalized spacial score (nSPS) is 16.6. The van der Waals surface area contributed by atoms with Crippen molar-refractivity contribution in [3.63, 3.8) is 0 Å². The van der Waals surface area contributed by atoms with E-state index in [2.05, 4.69) is 19.2 Å². The maximum absolute atomic E-state index is 11.3. The van der Waals surface area contributed by atoms with Gasteiger partial charge >= 0.3 is 0 Å². The summed E-state index contributed by atoms with van der Waals surface area (Å²) in [7, 11) is -2.84. The van der Waals surface area contributed by atoms with Crippen LogP contribution in [0.1, 0.15) is 34.1 Å². The van der Waals surface area contributed by atoms with Crippen molar-refractivity contribution < 1.29 is 8.42 Å². The van der Waals surface area contributed by atoms with Crippen molar-refractivity contribution >= 4 is 9.84 Å². The molecule has 0 radical (unpaired) electrons. The summed E-state index contributed by atoms with van der Waals surface area (Å²) in [5.74, 6) is 1.10. The summed E-state index contributed by atoms with van der Waals surface area (Å²) in [6.07, 6.45) is 1.13. The van der Waals surface area contributed by atoms with Crippen molar-refractivity contribution in [1.82, 2.24) is 5.32 Å². The minimum Gasteiger partial charge on any atom is -0.313 e. The van der Waals surface area contributed by atoms with Gasteiger partial charge in [-0.25, -0.2) is 8.42 Å². The van der Waals surface area contributed by atoms with Gasteiger partial charge in [-0.3, -0.25) is 0 Å². The van der Waals surface area contributed by atoms with Crippen LogP contribution in [0, 0.1) is 5.92 Å². The molecule has 0 aliphatic carbocycles. The highest BCUT2D eigenvalue weighted by Crippen LogP contribution is 2.00. The Morgan fingerprint density at radius 2 is 1.79 bits per heavy atom. The summed E-state index contributed by atoms with van der Waals surface area (Å²) in [5, 5.41) is 3.24. The highest BCUT2D eigenvalue weighted by Gasteiger charge is 2.13. The van der Waals surface area contributed by atoms with Crippen LogP contribution in [0.15, 0.2) is 0 Å². The topological polar surface area (TPSA) is 46.2 Å². The molecule has 0 rings (SSSR count). The molecule has 4 heteroatoms. The van der Waals surface area contributed by atoms with Gasteiger partial charge in [-0.05, 0) is 19.4 Å². The van der Waals surface area contributed by atoms with Gasteiger partial charge in [0.2, 0.25) is 0 Å². The lowest BCUT2D eigenvalue weighted by atomic mass is 10.1. The molecule has 0 amide bonds. The van der Waals surface area contributed by atoms with Crippen molar-refractivity contribution in [3.8, 4) is 0 Å². The van der Waals surface area contributed by atoms with Crippen molar-refractivity contribution in [2.24, 2.45) is 5.92 Å². The van der Waals surface area contributed by atoms with Crippen molar-refractivity contribution in [2.75, 3.05) is 18.1 Å². The average molecular weight is 221 g/mol. The lowest BCUT2D eigenvalue weighted by Gasteiger charge is -2.16. The molecular weight excluding hydrogens is 198 g/mol. The van der Waals surface area contributed by atoms with E-state index in [4.69, 9.17) is 0 Å². The highest BCUT2D eigenvalue weighted by molar-refractivity contribution is 7.91. The summed E-state index contributed by atoms with van der Waals surface area (Å²) < 4.78 is 22.6. The highest BCUT2D eigenvalue weighted by atomic mass is 32.2. The number of hydrogen-bond donors (Lipinski definition) is 1. The lowest BCUT2D eigenvalue weighted by molar-refractivity contribution is 0.466. The molecule has 0 aromatic heterocycles. The minimum absolute atomic E-state index is 0.0638. The predicted molar refractivity (Wildman–Crippen MR) is 61.2 cm³/mol. The zero-order chi connectivity index (χ0) is 11.2. The van der Waals surface area contributed by atoms with Crippen LogP contribution in [0.3, 0.4) is 0 Å². The van der Waals surface area contributed by atoms with Crippen molar-refractivity contribution in [2.45, 2.75) is 40.2 Å². The minimum atomic E-state index is -2.84. The Bertz CT molecular complexity index is 237. The summed E-state index contributed by atoms with van der Waals surface area (Å²) in [5.41, 5.74) is 0. The van der Waals surface area contributed by atoms with E-state index in [-0.39, 0.29) is 17.5 Å². The maximum atomic E-state index is 11.3. The fourth-order valence-corrected chi connectivity index (χ4v) is 2.22. The summed E-state index contributed by atoms with van der Waals surface area (Å²) >= 11 is 0. The molecule has 3 nitrogen and oxygen atoms in total. The standard InChI is InChI=1S/C10H23NO2S/c1-5-9(3)7-11-10(4)8-14(12,13)6-2/h9-11H,5-8H2,1-4H3. The molecule has 0 heterocycles. The van der Waals surface area contributed by atoms with Crippen LogP contribution in [0.4, 0.5) is 0 Å². The van der Waals surface area contributed by atoms with Gasteiger partial charge in [-0.2, -0.15) is 0 Å². The van der Waals surface area contributed by atoms with Gasteiger partial charge in [-0.1, -0.05) is 27.2 Å². The second-order valence-electron chi connectivity index (χ2n) is 4.02. The van der Waals surface area contributed by atoms with Crippen LogP contribution >= 0.6 is 0 Å². The van der Waals surface area contributed by atoms with Gasteiger partial charge in [0.05, 0.1) is 5.75 Å². The van der Waals surface area contributed by atoms with E-state index in [0.29, 0.717) is 5.92 Å². The molecule has 0 spiro atoms. The van der Waals surface area contributed by atoms with E-state index in [1.807, 2.05) is 6.92 Å². The molecule has 0 saturated carbocycles. The molecule has 86 valence electrons. The van der Waals surface area contributed by atoms with Crippen LogP contribution < -0.4 is 5.32 Å². The molecule has 0 aromatic carbocycles. The van der Waals surface area contributed by atoms with Gasteiger partial charge in [0.25, 0.3) is 0 Å². The van der Waals surface area contributed by atoms with Gasteiger partial charge in [0, 0.05) is 11.8 Å². The van der Waals surface area contributed by atoms with E-state index in [1.165, 1.54) is 0 Å². The van der Waals surface area contributed by atoms with E-state index < -0.39 is 9.84 Å². The molecule has 0 fully saturated rings. The molecule has 1 N–H and O–H groups in total. The SMILES string of the molecule is CCC(C)CNC(C)CS(=O)(=O)CC. The smallest absolute Gasteiger partial charge is 0.151 e. The van der Waals surface area contributed by atoms with Gasteiger partial charge < -0.3 is 5.32 Å². The summed E-state index contributed by atoms with van der Waals surface area (Å²) in [4.78, 5) is 0. The molecule has 0 saturated heterocycles. The first-order valence-corrected chi connectivity index (χ1v) is 7.17. The van der Waals surface area contributed by atoms with Crippen LogP contribution in [-0.4, -0.2) is 32.5 Å². The van der Waals surface area contributed by atoms with Crippen LogP contribution in [0.5, 0.6) is 0 Å². The number of sulfone groups is 1. The molecule has 2 atom stereocenters. The Hall–Kier alpha value is -0.0900. The van der Waals surface area contributed by atoms with E-state index in [9.17, 15) is 8.42 Å². The monoisotopic (exact) mass is 221 g/mol. The van der Waals surface area contributed by atoms with E-state index in [1.54, 1.807) is 6.92 Å². The Kier molecular flexibility index (Phi) is 6.36. The van der Waals surface area contributed by atoms with E-state index in [0.717, 1.165) is 13.0 Å². The quantitative estimate of drug-likeness (QED) is 0.707. The number of hydrogen-bond acceptors (Lipinski definition) is 3. The fraction of sp³-hybridized carbons (Fsp3) is 1.00. The first kappa shape index (κ1) is 13.9. The number of rotatable bonds is 7. The van der Waals surface area contributed by atoms with Crippen molar-refractivity contribution in [1.29, 1.82) is 0 Å². The molecule has 0 aromatic rings. The molecule has 14 heavy (non-hydrogen) atoms. The van der Waals surface area contributed by atoms with Crippen molar-refractivity contribution in [3.05, 3.63) is 0 Å². The predicted octanol–water partition coefficient (Wildman–Crippen LogP) is 1.45. The van der Waals surface area contributed by atoms with Gasteiger partial charge in [0.1, 0.15) is 0 Å². The molecule has 2 unspecified atom stereocenters. The Balaban J connectivity index is 3.82. The van der Waals surface area contributed by atoms with Gasteiger partial charge in [-0.15, -0.1) is 0 Å². The lowest BCUT2D eigenvalue weighted by Crippen LogP contribution is -2.36.